The third-order valence-electron chi connectivity index (χ3n) is 5.49. The summed E-state index contributed by atoms with van der Waals surface area (Å²) in [6, 6.07) is 18.2. The highest BCUT2D eigenvalue weighted by Gasteiger charge is 2.22. The van der Waals surface area contributed by atoms with Crippen molar-refractivity contribution in [3.05, 3.63) is 94.9 Å². The van der Waals surface area contributed by atoms with Crippen LogP contribution in [0.5, 0.6) is 0 Å². The molecule has 6 heteroatoms. The Bertz CT molecular complexity index is 1310. The van der Waals surface area contributed by atoms with Gasteiger partial charge in [0.05, 0.1) is 17.0 Å². The fourth-order valence-electron chi connectivity index (χ4n) is 3.88. The standard InChI is InChI=1S/C26H24N2O4/c1-4-20-15-28-23(14-9-16(2)25(28)27-20)24(32-17(3)29)19-12-10-18(11-13-19)21-7-5-6-8-22(21)26(30)31/h5-15,24H,4H2,1-3H3,(H,30,31)/t24-/m1/s1. The van der Waals surface area contributed by atoms with E-state index in [1.807, 2.05) is 66.9 Å². The molecule has 0 saturated heterocycles. The van der Waals surface area contributed by atoms with Crippen LogP contribution in [0.4, 0.5) is 0 Å². The smallest absolute Gasteiger partial charge is 0.336 e. The van der Waals surface area contributed by atoms with Crippen LogP contribution in [0, 0.1) is 6.92 Å². The maximum Gasteiger partial charge on any atom is 0.336 e. The molecule has 2 heterocycles. The van der Waals surface area contributed by atoms with E-state index in [9.17, 15) is 14.7 Å². The van der Waals surface area contributed by atoms with Crippen molar-refractivity contribution >= 4 is 17.6 Å². The number of hydrogen-bond acceptors (Lipinski definition) is 4. The highest BCUT2D eigenvalue weighted by atomic mass is 16.5. The number of fused-ring (bicyclic) bond motifs is 1. The predicted octanol–water partition coefficient (Wildman–Crippen LogP) is 5.22. The van der Waals surface area contributed by atoms with Crippen molar-refractivity contribution in [2.24, 2.45) is 0 Å². The fourth-order valence-corrected chi connectivity index (χ4v) is 3.88. The number of aryl methyl sites for hydroxylation is 2. The maximum absolute atomic E-state index is 12.0. The second kappa shape index (κ2) is 8.67. The number of rotatable bonds is 6. The van der Waals surface area contributed by atoms with Crippen LogP contribution in [0.15, 0.2) is 66.9 Å². The summed E-state index contributed by atoms with van der Waals surface area (Å²) in [6.45, 7) is 5.44. The Morgan fingerprint density at radius 2 is 1.78 bits per heavy atom. The summed E-state index contributed by atoms with van der Waals surface area (Å²) >= 11 is 0. The zero-order valence-electron chi connectivity index (χ0n) is 18.2. The number of carboxylic acid groups (broad SMARTS) is 1. The van der Waals surface area contributed by atoms with E-state index >= 15 is 0 Å². The number of aromatic nitrogens is 2. The minimum atomic E-state index is -0.976. The molecule has 0 aliphatic rings. The Labute approximate surface area is 186 Å². The van der Waals surface area contributed by atoms with E-state index in [0.717, 1.165) is 40.1 Å². The highest BCUT2D eigenvalue weighted by molar-refractivity contribution is 5.96. The van der Waals surface area contributed by atoms with Gasteiger partial charge in [0.1, 0.15) is 5.65 Å². The topological polar surface area (TPSA) is 80.9 Å². The third kappa shape index (κ3) is 3.99. The molecule has 1 atom stereocenters. The van der Waals surface area contributed by atoms with Crippen molar-refractivity contribution in [2.75, 3.05) is 0 Å². The number of hydrogen-bond donors (Lipinski definition) is 1. The van der Waals surface area contributed by atoms with E-state index in [1.54, 1.807) is 18.2 Å². The number of esters is 1. The zero-order valence-corrected chi connectivity index (χ0v) is 18.2. The monoisotopic (exact) mass is 428 g/mol. The van der Waals surface area contributed by atoms with Gasteiger partial charge in [0.15, 0.2) is 6.10 Å². The normalized spacial score (nSPS) is 12.0. The number of benzene rings is 2. The van der Waals surface area contributed by atoms with Gasteiger partial charge < -0.3 is 9.84 Å². The average Bonchev–Trinajstić information content (AvgIpc) is 3.24. The van der Waals surface area contributed by atoms with Crippen molar-refractivity contribution in [3.8, 4) is 11.1 Å². The van der Waals surface area contributed by atoms with Crippen LogP contribution in [0.2, 0.25) is 0 Å². The summed E-state index contributed by atoms with van der Waals surface area (Å²) in [7, 11) is 0. The lowest BCUT2D eigenvalue weighted by Gasteiger charge is -2.20. The number of imidazole rings is 1. The Hall–Kier alpha value is -3.93. The molecule has 0 bridgehead atoms. The SMILES string of the molecule is CCc1cn2c([C@H](OC(C)=O)c3ccc(-c4ccccc4C(=O)O)cc3)ccc(C)c2n1. The van der Waals surface area contributed by atoms with Crippen molar-refractivity contribution < 1.29 is 19.4 Å². The van der Waals surface area contributed by atoms with E-state index in [-0.39, 0.29) is 11.5 Å². The molecule has 0 radical (unpaired) electrons. The Morgan fingerprint density at radius 1 is 1.06 bits per heavy atom. The maximum atomic E-state index is 12.0. The molecule has 0 amide bonds. The van der Waals surface area contributed by atoms with E-state index in [4.69, 9.17) is 9.72 Å². The van der Waals surface area contributed by atoms with Gasteiger partial charge in [-0.05, 0) is 47.7 Å². The van der Waals surface area contributed by atoms with Gasteiger partial charge in [-0.25, -0.2) is 9.78 Å². The quantitative estimate of drug-likeness (QED) is 0.426. The Kier molecular flexibility index (Phi) is 5.77. The summed E-state index contributed by atoms with van der Waals surface area (Å²) in [5.74, 6) is -1.36. The first-order valence-corrected chi connectivity index (χ1v) is 10.5. The molecule has 2 aromatic carbocycles. The van der Waals surface area contributed by atoms with Gasteiger partial charge in [0.2, 0.25) is 0 Å². The minimum absolute atomic E-state index is 0.238. The number of carbonyl (C=O) groups is 2. The summed E-state index contributed by atoms with van der Waals surface area (Å²) in [6.07, 6.45) is 2.15. The van der Waals surface area contributed by atoms with Crippen LogP contribution < -0.4 is 0 Å². The van der Waals surface area contributed by atoms with Crippen molar-refractivity contribution in [3.63, 3.8) is 0 Å². The second-order valence-electron chi connectivity index (χ2n) is 7.68. The molecule has 0 aliphatic heterocycles. The predicted molar refractivity (Wildman–Crippen MR) is 122 cm³/mol. The van der Waals surface area contributed by atoms with Crippen LogP contribution in [0.1, 0.15) is 52.8 Å². The van der Waals surface area contributed by atoms with Gasteiger partial charge >= 0.3 is 11.9 Å². The molecule has 0 unspecified atom stereocenters. The van der Waals surface area contributed by atoms with E-state index in [2.05, 4.69) is 0 Å². The van der Waals surface area contributed by atoms with Crippen LogP contribution >= 0.6 is 0 Å². The Morgan fingerprint density at radius 3 is 2.44 bits per heavy atom. The number of carboxylic acids is 1. The lowest BCUT2D eigenvalue weighted by Crippen LogP contribution is -2.13. The van der Waals surface area contributed by atoms with Crippen LogP contribution in [-0.2, 0) is 16.0 Å². The van der Waals surface area contributed by atoms with Crippen LogP contribution in [-0.4, -0.2) is 26.4 Å². The molecule has 2 aromatic heterocycles. The highest BCUT2D eigenvalue weighted by Crippen LogP contribution is 2.31. The lowest BCUT2D eigenvalue weighted by atomic mass is 9.97. The molecule has 4 rings (SSSR count). The van der Waals surface area contributed by atoms with Crippen molar-refractivity contribution in [1.82, 2.24) is 9.38 Å². The van der Waals surface area contributed by atoms with Crippen molar-refractivity contribution in [1.29, 1.82) is 0 Å². The molecule has 162 valence electrons. The summed E-state index contributed by atoms with van der Waals surface area (Å²) in [5, 5.41) is 9.50. The van der Waals surface area contributed by atoms with Gasteiger partial charge in [0.25, 0.3) is 0 Å². The van der Waals surface area contributed by atoms with Crippen LogP contribution in [0.25, 0.3) is 16.8 Å². The summed E-state index contributed by atoms with van der Waals surface area (Å²) in [4.78, 5) is 28.2. The number of carbonyl (C=O) groups excluding carboxylic acids is 1. The molecular formula is C26H24N2O4. The second-order valence-corrected chi connectivity index (χ2v) is 7.68. The average molecular weight is 428 g/mol. The molecule has 0 spiro atoms. The molecule has 1 N–H and O–H groups in total. The molecule has 4 aromatic rings. The summed E-state index contributed by atoms with van der Waals surface area (Å²) in [5.41, 5.74) is 6.07. The molecule has 0 aliphatic carbocycles. The lowest BCUT2D eigenvalue weighted by molar-refractivity contribution is -0.145. The number of pyridine rings is 1. The number of nitrogens with zero attached hydrogens (tertiary/aromatic N) is 2. The van der Waals surface area contributed by atoms with Gasteiger partial charge in [-0.2, -0.15) is 0 Å². The van der Waals surface area contributed by atoms with E-state index < -0.39 is 12.1 Å². The first-order valence-electron chi connectivity index (χ1n) is 10.5. The van der Waals surface area contributed by atoms with Crippen molar-refractivity contribution in [2.45, 2.75) is 33.3 Å². The molecular weight excluding hydrogens is 404 g/mol. The van der Waals surface area contributed by atoms with E-state index in [0.29, 0.717) is 5.56 Å². The van der Waals surface area contributed by atoms with Gasteiger partial charge in [-0.1, -0.05) is 55.5 Å². The minimum Gasteiger partial charge on any atom is -0.478 e. The van der Waals surface area contributed by atoms with Gasteiger partial charge in [-0.15, -0.1) is 0 Å². The zero-order chi connectivity index (χ0) is 22.8. The molecule has 6 nitrogen and oxygen atoms in total. The first kappa shape index (κ1) is 21.3. The molecule has 0 fully saturated rings. The van der Waals surface area contributed by atoms with Crippen LogP contribution in [0.3, 0.4) is 0 Å². The largest absolute Gasteiger partial charge is 0.478 e. The number of ether oxygens (including phenoxy) is 1. The third-order valence-corrected chi connectivity index (χ3v) is 5.49. The summed E-state index contributed by atoms with van der Waals surface area (Å²) < 4.78 is 7.72. The molecule has 32 heavy (non-hydrogen) atoms. The van der Waals surface area contributed by atoms with E-state index in [1.165, 1.54) is 6.92 Å². The van der Waals surface area contributed by atoms with Gasteiger partial charge in [0, 0.05) is 13.1 Å². The number of aromatic carboxylic acids is 1. The molecule has 0 saturated carbocycles. The first-order chi connectivity index (χ1) is 15.4. The van der Waals surface area contributed by atoms with Gasteiger partial charge in [-0.3, -0.25) is 9.20 Å². The Balaban J connectivity index is 1.80. The fraction of sp³-hybridized carbons (Fsp3) is 0.192.